The first-order chi connectivity index (χ1) is 10.0. The zero-order chi connectivity index (χ0) is 16.2. The van der Waals surface area contributed by atoms with E-state index in [1.165, 1.54) is 0 Å². The van der Waals surface area contributed by atoms with Gasteiger partial charge in [-0.1, -0.05) is 0 Å². The minimum atomic E-state index is -2.58. The van der Waals surface area contributed by atoms with E-state index < -0.39 is 8.80 Å². The average molecular weight is 360 g/mol. The number of rotatable bonds is 14. The van der Waals surface area contributed by atoms with Gasteiger partial charge in [-0.15, -0.1) is 0 Å². The van der Waals surface area contributed by atoms with Crippen LogP contribution in [0, 0.1) is 0 Å². The van der Waals surface area contributed by atoms with Crippen LogP contribution in [0.25, 0.3) is 0 Å². The summed E-state index contributed by atoms with van der Waals surface area (Å²) in [5, 5.41) is 18.4. The third-order valence-electron chi connectivity index (χ3n) is 3.55. The summed E-state index contributed by atoms with van der Waals surface area (Å²) in [5.74, 6) is 0. The Bertz CT molecular complexity index is 238. The van der Waals surface area contributed by atoms with Gasteiger partial charge in [-0.25, -0.2) is 0 Å². The van der Waals surface area contributed by atoms with E-state index in [1.807, 2.05) is 20.8 Å². The number of aliphatic hydroxyl groups excluding tert-OH is 2. The van der Waals surface area contributed by atoms with Crippen LogP contribution in [0.1, 0.15) is 27.2 Å². The fraction of sp³-hybridized carbons (Fsp3) is 1.00. The molecule has 0 fully saturated rings. The van der Waals surface area contributed by atoms with Gasteiger partial charge in [-0.3, -0.25) is 0 Å². The summed E-state index contributed by atoms with van der Waals surface area (Å²) in [6.45, 7) is 10.0. The van der Waals surface area contributed by atoms with Crippen LogP contribution in [-0.2, 0) is 13.3 Å². The van der Waals surface area contributed by atoms with Gasteiger partial charge in [0.15, 0.2) is 0 Å². The van der Waals surface area contributed by atoms with E-state index in [4.69, 9.17) is 13.3 Å². The molecule has 0 unspecified atom stereocenters. The molecule has 0 heterocycles. The number of quaternary nitrogens is 1. The highest BCUT2D eigenvalue weighted by molar-refractivity contribution is 6.60. The highest BCUT2D eigenvalue weighted by atomic mass is 35.5. The number of aliphatic hydroxyl groups is 2. The molecule has 6 nitrogen and oxygen atoms in total. The lowest BCUT2D eigenvalue weighted by Crippen LogP contribution is -3.00. The minimum absolute atomic E-state index is 0. The standard InChI is InChI=1S/C14H34NO5Si.ClH/c1-5-18-21(19-6-2,20-7-3)14-8-9-15(4,10-12-16)11-13-17;/h16-17H,5-14H2,1-4H3;1H/q+1;/p-1. The fourth-order valence-corrected chi connectivity index (χ4v) is 5.09. The number of hydrogen-bond acceptors (Lipinski definition) is 5. The first-order valence-electron chi connectivity index (χ1n) is 7.98. The van der Waals surface area contributed by atoms with Crippen molar-refractivity contribution in [3.63, 3.8) is 0 Å². The van der Waals surface area contributed by atoms with Crippen LogP contribution in [0.3, 0.4) is 0 Å². The molecule has 0 aliphatic heterocycles. The Morgan fingerprint density at radius 1 is 0.818 bits per heavy atom. The van der Waals surface area contributed by atoms with Crippen LogP contribution in [0.2, 0.25) is 6.04 Å². The van der Waals surface area contributed by atoms with Gasteiger partial charge in [0.2, 0.25) is 0 Å². The highest BCUT2D eigenvalue weighted by Crippen LogP contribution is 2.19. The molecule has 0 spiro atoms. The predicted octanol–water partition coefficient (Wildman–Crippen LogP) is -2.14. The highest BCUT2D eigenvalue weighted by Gasteiger charge is 2.40. The lowest BCUT2D eigenvalue weighted by molar-refractivity contribution is -0.910. The Kier molecular flexibility index (Phi) is 15.2. The number of nitrogens with zero attached hydrogens (tertiary/aromatic N) is 1. The molecule has 0 aromatic heterocycles. The van der Waals surface area contributed by atoms with Gasteiger partial charge in [0.1, 0.15) is 13.1 Å². The molecular weight excluding hydrogens is 326 g/mol. The van der Waals surface area contributed by atoms with Gasteiger partial charge in [0.05, 0.1) is 26.8 Å². The van der Waals surface area contributed by atoms with E-state index in [0.29, 0.717) is 37.4 Å². The van der Waals surface area contributed by atoms with Gasteiger partial charge in [0, 0.05) is 32.3 Å². The smallest absolute Gasteiger partial charge is 0.501 e. The molecule has 0 rings (SSSR count). The second kappa shape index (κ2) is 13.7. The maximum Gasteiger partial charge on any atom is 0.501 e. The molecule has 0 aromatic carbocycles. The molecule has 8 heteroatoms. The first kappa shape index (κ1) is 24.5. The van der Waals surface area contributed by atoms with Gasteiger partial charge in [0.25, 0.3) is 0 Å². The summed E-state index contributed by atoms with van der Waals surface area (Å²) >= 11 is 0. The second-order valence-corrected chi connectivity index (χ2v) is 8.06. The zero-order valence-corrected chi connectivity index (χ0v) is 16.3. The molecule has 0 bridgehead atoms. The molecule has 0 atom stereocenters. The molecule has 22 heavy (non-hydrogen) atoms. The SMILES string of the molecule is CCO[Si](CCC[N+](C)(CCO)CCO)(OCC)OCC.[Cl-]. The largest absolute Gasteiger partial charge is 1.00 e. The van der Waals surface area contributed by atoms with E-state index >= 15 is 0 Å². The molecule has 0 aliphatic carbocycles. The number of likely N-dealkylation sites (N-methyl/N-ethyl adjacent to an activating group) is 1. The van der Waals surface area contributed by atoms with Crippen LogP contribution in [0.15, 0.2) is 0 Å². The Morgan fingerprint density at radius 3 is 1.55 bits per heavy atom. The monoisotopic (exact) mass is 359 g/mol. The van der Waals surface area contributed by atoms with Crippen LogP contribution in [-0.4, -0.2) is 83.2 Å². The van der Waals surface area contributed by atoms with E-state index in [9.17, 15) is 10.2 Å². The van der Waals surface area contributed by atoms with Crippen molar-refractivity contribution in [2.45, 2.75) is 33.2 Å². The summed E-state index contributed by atoms with van der Waals surface area (Å²) in [4.78, 5) is 0. The summed E-state index contributed by atoms with van der Waals surface area (Å²) in [7, 11) is -0.523. The molecular formula is C14H34ClNO5Si. The lowest BCUT2D eigenvalue weighted by Gasteiger charge is -2.35. The van der Waals surface area contributed by atoms with Crippen molar-refractivity contribution in [1.82, 2.24) is 0 Å². The minimum Gasteiger partial charge on any atom is -1.00 e. The van der Waals surface area contributed by atoms with Crippen molar-refractivity contribution in [1.29, 1.82) is 0 Å². The van der Waals surface area contributed by atoms with E-state index in [0.717, 1.165) is 19.0 Å². The van der Waals surface area contributed by atoms with Gasteiger partial charge in [-0.05, 0) is 20.8 Å². The van der Waals surface area contributed by atoms with Crippen molar-refractivity contribution < 1.29 is 40.4 Å². The topological polar surface area (TPSA) is 68.2 Å². The zero-order valence-electron chi connectivity index (χ0n) is 14.5. The molecule has 0 aromatic rings. The maximum absolute atomic E-state index is 9.18. The van der Waals surface area contributed by atoms with Gasteiger partial charge in [-0.2, -0.15) is 0 Å². The second-order valence-electron chi connectivity index (χ2n) is 5.32. The quantitative estimate of drug-likeness (QED) is 0.274. The van der Waals surface area contributed by atoms with Crippen molar-refractivity contribution in [3.05, 3.63) is 0 Å². The van der Waals surface area contributed by atoms with Crippen LogP contribution >= 0.6 is 0 Å². The van der Waals surface area contributed by atoms with Crippen LogP contribution < -0.4 is 12.4 Å². The third-order valence-corrected chi connectivity index (χ3v) is 6.70. The molecule has 0 aliphatic rings. The maximum atomic E-state index is 9.18. The van der Waals surface area contributed by atoms with E-state index in [1.54, 1.807) is 0 Å². The number of hydrogen-bond donors (Lipinski definition) is 2. The molecule has 0 saturated heterocycles. The van der Waals surface area contributed by atoms with E-state index in [-0.39, 0.29) is 25.6 Å². The van der Waals surface area contributed by atoms with Crippen LogP contribution in [0.4, 0.5) is 0 Å². The Morgan fingerprint density at radius 2 is 1.23 bits per heavy atom. The van der Waals surface area contributed by atoms with Gasteiger partial charge >= 0.3 is 8.80 Å². The van der Waals surface area contributed by atoms with Crippen molar-refractivity contribution in [2.75, 3.05) is 59.7 Å². The molecule has 136 valence electrons. The van der Waals surface area contributed by atoms with Crippen molar-refractivity contribution >= 4 is 8.80 Å². The van der Waals surface area contributed by atoms with E-state index in [2.05, 4.69) is 7.05 Å². The van der Waals surface area contributed by atoms with Crippen molar-refractivity contribution in [2.24, 2.45) is 0 Å². The first-order valence-corrected chi connectivity index (χ1v) is 9.91. The normalized spacial score (nSPS) is 12.3. The molecule has 0 radical (unpaired) electrons. The van der Waals surface area contributed by atoms with Crippen molar-refractivity contribution in [3.8, 4) is 0 Å². The fourth-order valence-electron chi connectivity index (χ4n) is 2.50. The van der Waals surface area contributed by atoms with Crippen LogP contribution in [0.5, 0.6) is 0 Å². The predicted molar refractivity (Wildman–Crippen MR) is 85.0 cm³/mol. The molecule has 2 N–H and O–H groups in total. The summed E-state index contributed by atoms with van der Waals surface area (Å²) in [6, 6.07) is 0.771. The molecule has 0 saturated carbocycles. The summed E-state index contributed by atoms with van der Waals surface area (Å²) < 4.78 is 18.2. The summed E-state index contributed by atoms with van der Waals surface area (Å²) in [5.41, 5.74) is 0. The molecule has 0 amide bonds. The Hall–Kier alpha value is 0.267. The Labute approximate surface area is 142 Å². The lowest BCUT2D eigenvalue weighted by atomic mass is 10.3. The number of halogens is 1. The average Bonchev–Trinajstić information content (AvgIpc) is 2.40. The summed E-state index contributed by atoms with van der Waals surface area (Å²) in [6.07, 6.45) is 0.892. The third kappa shape index (κ3) is 9.42. The Balaban J connectivity index is 0. The van der Waals surface area contributed by atoms with Gasteiger partial charge < -0.3 is 40.4 Å².